The van der Waals surface area contributed by atoms with Crippen LogP contribution in [0.2, 0.25) is 0 Å². The Morgan fingerprint density at radius 1 is 0.883 bits per heavy atom. The number of hydrogen-bond donors (Lipinski definition) is 5. The first-order valence-corrected chi connectivity index (χ1v) is 27.5. The molecular formula is C56H66F3N11O6S. The van der Waals surface area contributed by atoms with Crippen molar-refractivity contribution in [2.24, 2.45) is 11.3 Å². The number of halogens is 3. The van der Waals surface area contributed by atoms with Gasteiger partial charge in [0.25, 0.3) is 11.3 Å². The van der Waals surface area contributed by atoms with Gasteiger partial charge in [-0.2, -0.15) is 4.41 Å². The molecule has 0 bridgehead atoms. The van der Waals surface area contributed by atoms with Gasteiger partial charge in [-0.05, 0) is 72.1 Å². The molecule has 408 valence electrons. The second kappa shape index (κ2) is 22.8. The zero-order valence-corrected chi connectivity index (χ0v) is 44.3. The fourth-order valence-electron chi connectivity index (χ4n) is 11.3. The molecular weight excluding hydrogens is 1010 g/mol. The number of imidazole rings is 1. The Kier molecular flexibility index (Phi) is 16.0. The number of carbonyl (C=O) groups is 3. The Bertz CT molecular complexity index is 3100. The number of benzene rings is 3. The standard InChI is InChI=1S/C56H66F3N11O6S/c1-56(2,3)52(55(74)69-33-42(71)27-47(69)54-61-29-40(63-54)25-35-7-5-4-6-8-35)64-48(72)34-66-23-21-65(22-24-66)31-36-15-18-67(19-16-36)41-11-9-37(10-12-41)38-26-43-44(30-62-53(43)60-28-38)51(73)49-45(58)13-14-46(50(49)59)70(77(75)76)68-20-17-39(57)32-68/h4-14,26,28-30,36,39,42,47,52,71H,15-25,27,31-34H2,1-3H3,(H,60,62)(H,61,63)(H,64,72)(H,75,76)/t39-,42-,47+,52-/m1/s1. The van der Waals surface area contributed by atoms with Crippen molar-refractivity contribution in [1.29, 1.82) is 0 Å². The molecule has 21 heteroatoms. The lowest BCUT2D eigenvalue weighted by Crippen LogP contribution is -2.57. The van der Waals surface area contributed by atoms with Crippen LogP contribution >= 0.6 is 0 Å². The molecule has 5 N–H and O–H groups in total. The number of likely N-dealkylation sites (tertiary alicyclic amines) is 1. The normalized spacial score (nSPS) is 21.0. The topological polar surface area (TPSA) is 198 Å². The van der Waals surface area contributed by atoms with Gasteiger partial charge in [0.1, 0.15) is 35.2 Å². The molecule has 5 atom stereocenters. The van der Waals surface area contributed by atoms with Crippen LogP contribution in [-0.4, -0.2) is 161 Å². The number of pyridine rings is 1. The minimum Gasteiger partial charge on any atom is -0.391 e. The van der Waals surface area contributed by atoms with E-state index in [0.717, 1.165) is 98.3 Å². The molecule has 3 aromatic carbocycles. The van der Waals surface area contributed by atoms with Crippen LogP contribution in [0.15, 0.2) is 91.4 Å². The first kappa shape index (κ1) is 53.9. The SMILES string of the molecule is CC(C)(C)[C@H](NC(=O)CN1CCN(CC2CCN(c3ccc(-c4cnc5[nH]cc(C(=O)c6c(F)ccc(N(N7CC[C@@H](F)C7)S(=O)O)c6F)c5c4)cc3)CC2)CC1)C(=O)N1C[C@H](O)C[C@H]1c1ncc(Cc2ccccc2)[nH]1. The number of aromatic nitrogens is 4. The first-order valence-electron chi connectivity index (χ1n) is 26.4. The van der Waals surface area contributed by atoms with Gasteiger partial charge < -0.3 is 35.1 Å². The summed E-state index contributed by atoms with van der Waals surface area (Å²) in [5.41, 5.74) is 2.90. The molecule has 4 aliphatic heterocycles. The van der Waals surface area contributed by atoms with E-state index in [0.29, 0.717) is 45.6 Å². The highest BCUT2D eigenvalue weighted by atomic mass is 32.2. The van der Waals surface area contributed by atoms with E-state index in [1.165, 1.54) is 6.20 Å². The second-order valence-corrected chi connectivity index (χ2v) is 22.8. The summed E-state index contributed by atoms with van der Waals surface area (Å²) in [4.78, 5) is 66.0. The van der Waals surface area contributed by atoms with Crippen molar-refractivity contribution in [3.8, 4) is 11.1 Å². The van der Waals surface area contributed by atoms with Crippen LogP contribution in [-0.2, 0) is 27.3 Å². The van der Waals surface area contributed by atoms with Crippen LogP contribution in [0.1, 0.15) is 85.5 Å². The second-order valence-electron chi connectivity index (χ2n) is 22.0. The summed E-state index contributed by atoms with van der Waals surface area (Å²) in [5, 5.41) is 15.4. The molecule has 10 rings (SSSR count). The van der Waals surface area contributed by atoms with Gasteiger partial charge in [-0.25, -0.2) is 32.4 Å². The number of hydrazine groups is 1. The van der Waals surface area contributed by atoms with E-state index in [2.05, 4.69) is 52.1 Å². The molecule has 4 saturated heterocycles. The van der Waals surface area contributed by atoms with E-state index >= 15 is 8.78 Å². The fraction of sp³-hybridized carbons (Fsp3) is 0.446. The van der Waals surface area contributed by atoms with Crippen LogP contribution in [0.3, 0.4) is 0 Å². The summed E-state index contributed by atoms with van der Waals surface area (Å²) < 4.78 is 68.5. The number of aliphatic hydroxyl groups is 1. The molecule has 17 nitrogen and oxygen atoms in total. The zero-order chi connectivity index (χ0) is 54.1. The Balaban J connectivity index is 0.698. The zero-order valence-electron chi connectivity index (χ0n) is 43.5. The van der Waals surface area contributed by atoms with Crippen molar-refractivity contribution in [2.75, 3.05) is 81.3 Å². The maximum atomic E-state index is 16.1. The van der Waals surface area contributed by atoms with Crippen LogP contribution in [0, 0.1) is 23.0 Å². The van der Waals surface area contributed by atoms with Crippen molar-refractivity contribution in [2.45, 2.75) is 77.2 Å². The number of ketones is 1. The lowest BCUT2D eigenvalue weighted by molar-refractivity contribution is -0.141. The monoisotopic (exact) mass is 1080 g/mol. The van der Waals surface area contributed by atoms with Crippen molar-refractivity contribution in [3.63, 3.8) is 0 Å². The number of nitrogens with zero attached hydrogens (tertiary/aromatic N) is 8. The molecule has 4 fully saturated rings. The number of carbonyl (C=O) groups excluding carboxylic acids is 3. The molecule has 1 unspecified atom stereocenters. The van der Waals surface area contributed by atoms with Gasteiger partial charge in [0.15, 0.2) is 5.82 Å². The molecule has 0 spiro atoms. The fourth-order valence-corrected chi connectivity index (χ4v) is 12.0. The number of aromatic amines is 2. The summed E-state index contributed by atoms with van der Waals surface area (Å²) in [5.74, 6) is -2.76. The van der Waals surface area contributed by atoms with Crippen molar-refractivity contribution in [3.05, 3.63) is 131 Å². The van der Waals surface area contributed by atoms with Crippen molar-refractivity contribution < 1.29 is 41.4 Å². The minimum atomic E-state index is -2.83. The number of amides is 2. The Hall–Kier alpha value is -6.49. The first-order chi connectivity index (χ1) is 37.0. The van der Waals surface area contributed by atoms with E-state index in [1.54, 1.807) is 23.4 Å². The number of fused-ring (bicyclic) bond motifs is 1. The highest BCUT2D eigenvalue weighted by molar-refractivity contribution is 7.80. The predicted octanol–water partition coefficient (Wildman–Crippen LogP) is 6.65. The van der Waals surface area contributed by atoms with Crippen LogP contribution in [0.5, 0.6) is 0 Å². The molecule has 0 radical (unpaired) electrons. The maximum absolute atomic E-state index is 16.1. The summed E-state index contributed by atoms with van der Waals surface area (Å²) >= 11 is -2.83. The Labute approximate surface area is 448 Å². The maximum Gasteiger partial charge on any atom is 0.277 e. The van der Waals surface area contributed by atoms with Gasteiger partial charge in [0.05, 0.1) is 30.8 Å². The molecule has 7 heterocycles. The van der Waals surface area contributed by atoms with Crippen LogP contribution in [0.25, 0.3) is 22.2 Å². The number of hydrogen-bond acceptors (Lipinski definition) is 11. The van der Waals surface area contributed by atoms with Gasteiger partial charge in [-0.3, -0.25) is 23.8 Å². The van der Waals surface area contributed by atoms with E-state index in [4.69, 9.17) is 0 Å². The highest BCUT2D eigenvalue weighted by Gasteiger charge is 2.44. The summed E-state index contributed by atoms with van der Waals surface area (Å²) in [6, 6.07) is 20.4. The third kappa shape index (κ3) is 12.0. The lowest BCUT2D eigenvalue weighted by atomic mass is 9.85. The van der Waals surface area contributed by atoms with E-state index in [9.17, 15) is 32.6 Å². The summed E-state index contributed by atoms with van der Waals surface area (Å²) in [7, 11) is 0. The van der Waals surface area contributed by atoms with E-state index in [-0.39, 0.29) is 50.0 Å². The third-order valence-electron chi connectivity index (χ3n) is 15.5. The quantitative estimate of drug-likeness (QED) is 0.0512. The van der Waals surface area contributed by atoms with Crippen LogP contribution < -0.4 is 14.6 Å². The van der Waals surface area contributed by atoms with Crippen LogP contribution in [0.4, 0.5) is 24.5 Å². The number of β-amino-alcohol motifs (C(OH)–C–C–N with tert-alkyl or cyclic N) is 1. The molecule has 0 saturated carbocycles. The molecule has 3 aromatic heterocycles. The number of nitrogens with one attached hydrogen (secondary N) is 3. The minimum absolute atomic E-state index is 0.0316. The Morgan fingerprint density at radius 3 is 2.30 bits per heavy atom. The number of rotatable bonds is 16. The smallest absolute Gasteiger partial charge is 0.277 e. The molecule has 4 aliphatic rings. The van der Waals surface area contributed by atoms with Crippen molar-refractivity contribution in [1.82, 2.24) is 45.0 Å². The van der Waals surface area contributed by atoms with E-state index < -0.39 is 69.7 Å². The molecule has 2 amide bonds. The average molecular weight is 1080 g/mol. The van der Waals surface area contributed by atoms with Gasteiger partial charge >= 0.3 is 0 Å². The number of piperazine rings is 1. The van der Waals surface area contributed by atoms with Gasteiger partial charge in [0.2, 0.25) is 17.6 Å². The molecule has 0 aliphatic carbocycles. The summed E-state index contributed by atoms with van der Waals surface area (Å²) in [6.07, 6.45) is 5.92. The molecule has 6 aromatic rings. The lowest BCUT2D eigenvalue weighted by Gasteiger charge is -2.39. The van der Waals surface area contributed by atoms with Gasteiger partial charge in [-0.15, -0.1) is 0 Å². The average Bonchev–Trinajstić information content (AvgIpc) is 4.26. The Morgan fingerprint density at radius 2 is 1.61 bits per heavy atom. The van der Waals surface area contributed by atoms with Gasteiger partial charge in [-0.1, -0.05) is 63.2 Å². The third-order valence-corrected chi connectivity index (χ3v) is 16.2. The number of H-pyrrole nitrogens is 2. The number of aliphatic hydroxyl groups excluding tert-OH is 1. The number of piperidine rings is 1. The predicted molar refractivity (Wildman–Crippen MR) is 288 cm³/mol. The number of alkyl halides is 1. The largest absolute Gasteiger partial charge is 0.391 e. The van der Waals surface area contributed by atoms with Crippen molar-refractivity contribution >= 4 is 51.3 Å². The number of anilines is 2. The summed E-state index contributed by atoms with van der Waals surface area (Å²) in [6.45, 7) is 11.9. The highest BCUT2D eigenvalue weighted by Crippen LogP contribution is 2.36. The van der Waals surface area contributed by atoms with Gasteiger partial charge in [0, 0.05) is 118 Å². The van der Waals surface area contributed by atoms with E-state index in [1.807, 2.05) is 63.2 Å². The molecule has 77 heavy (non-hydrogen) atoms.